The zero-order valence-corrected chi connectivity index (χ0v) is 15.5. The number of benzene rings is 1. The van der Waals surface area contributed by atoms with Gasteiger partial charge in [-0.3, -0.25) is 9.48 Å². The number of carbonyl (C=O) groups is 1. The maximum atomic E-state index is 12.5. The van der Waals surface area contributed by atoms with Crippen LogP contribution >= 0.6 is 12.4 Å². The average molecular weight is 361 g/mol. The van der Waals surface area contributed by atoms with Gasteiger partial charge >= 0.3 is 0 Å². The van der Waals surface area contributed by atoms with Crippen molar-refractivity contribution in [3.8, 4) is 0 Å². The molecule has 0 saturated heterocycles. The molecule has 134 valence electrons. The zero-order valence-electron chi connectivity index (χ0n) is 14.7. The first-order valence-electron chi connectivity index (χ1n) is 8.77. The highest BCUT2D eigenvalue weighted by Gasteiger charge is 2.41. The van der Waals surface area contributed by atoms with Gasteiger partial charge in [-0.15, -0.1) is 12.4 Å². The van der Waals surface area contributed by atoms with E-state index in [9.17, 15) is 4.79 Å². The van der Waals surface area contributed by atoms with E-state index in [1.54, 1.807) is 17.1 Å². The summed E-state index contributed by atoms with van der Waals surface area (Å²) in [6.45, 7) is 2.14. The van der Waals surface area contributed by atoms with E-state index in [1.165, 1.54) is 36.8 Å². The Bertz CT molecular complexity index is 769. The number of halogens is 1. The van der Waals surface area contributed by atoms with Gasteiger partial charge in [0.1, 0.15) is 0 Å². The molecule has 0 radical (unpaired) electrons. The van der Waals surface area contributed by atoms with Crippen molar-refractivity contribution < 1.29 is 4.79 Å². The average Bonchev–Trinajstić information content (AvgIpc) is 3.17. The molecule has 5 nitrogen and oxygen atoms in total. The Morgan fingerprint density at radius 3 is 2.76 bits per heavy atom. The lowest BCUT2D eigenvalue weighted by Gasteiger charge is -2.26. The number of nitrogens with zero attached hydrogens (tertiary/aromatic N) is 2. The number of carbonyl (C=O) groups excluding carboxylic acids is 1. The molecule has 1 aromatic heterocycles. The van der Waals surface area contributed by atoms with E-state index in [2.05, 4.69) is 34.8 Å². The Morgan fingerprint density at radius 2 is 2.12 bits per heavy atom. The van der Waals surface area contributed by atoms with Crippen LogP contribution in [0.25, 0.3) is 0 Å². The lowest BCUT2D eigenvalue weighted by Crippen LogP contribution is -2.37. The van der Waals surface area contributed by atoms with Gasteiger partial charge in [-0.1, -0.05) is 12.5 Å². The second kappa shape index (κ2) is 7.18. The van der Waals surface area contributed by atoms with Crippen LogP contribution in [-0.4, -0.2) is 27.8 Å². The van der Waals surface area contributed by atoms with Crippen LogP contribution in [-0.2, 0) is 7.05 Å². The molecule has 0 aliphatic heterocycles. The van der Waals surface area contributed by atoms with Gasteiger partial charge in [0.2, 0.25) is 0 Å². The molecule has 2 atom stereocenters. The van der Waals surface area contributed by atoms with Gasteiger partial charge in [0.25, 0.3) is 5.91 Å². The SMILES string of the molecule is Cc1ccc(C(=O)Nc2cnn(C)c2)cc1C1CC1NC1CCC1.Cl. The van der Waals surface area contributed by atoms with Crippen LogP contribution in [0.1, 0.15) is 53.1 Å². The third-order valence-corrected chi connectivity index (χ3v) is 5.25. The minimum Gasteiger partial charge on any atom is -0.319 e. The van der Waals surface area contributed by atoms with Crippen molar-refractivity contribution in [2.24, 2.45) is 7.05 Å². The molecule has 2 fully saturated rings. The minimum absolute atomic E-state index is 0. The predicted molar refractivity (Wildman–Crippen MR) is 102 cm³/mol. The van der Waals surface area contributed by atoms with Crippen LogP contribution in [0, 0.1) is 6.92 Å². The van der Waals surface area contributed by atoms with E-state index >= 15 is 0 Å². The number of amides is 1. The van der Waals surface area contributed by atoms with Crippen molar-refractivity contribution in [2.45, 2.75) is 50.6 Å². The highest BCUT2D eigenvalue weighted by molar-refractivity contribution is 6.04. The third-order valence-electron chi connectivity index (χ3n) is 5.25. The van der Waals surface area contributed by atoms with Crippen molar-refractivity contribution in [1.82, 2.24) is 15.1 Å². The molecule has 2 saturated carbocycles. The fourth-order valence-corrected chi connectivity index (χ4v) is 3.47. The van der Waals surface area contributed by atoms with Crippen LogP contribution in [0.15, 0.2) is 30.6 Å². The quantitative estimate of drug-likeness (QED) is 0.859. The van der Waals surface area contributed by atoms with Crippen molar-refractivity contribution in [1.29, 1.82) is 0 Å². The van der Waals surface area contributed by atoms with E-state index in [0.29, 0.717) is 17.5 Å². The summed E-state index contributed by atoms with van der Waals surface area (Å²) in [4.78, 5) is 12.5. The third kappa shape index (κ3) is 3.88. The van der Waals surface area contributed by atoms with Crippen molar-refractivity contribution in [3.63, 3.8) is 0 Å². The van der Waals surface area contributed by atoms with Gasteiger partial charge in [0.15, 0.2) is 0 Å². The van der Waals surface area contributed by atoms with Crippen molar-refractivity contribution in [3.05, 3.63) is 47.3 Å². The Balaban J connectivity index is 0.00000182. The number of aryl methyl sites for hydroxylation is 2. The summed E-state index contributed by atoms with van der Waals surface area (Å²) in [7, 11) is 1.84. The first-order valence-corrected chi connectivity index (χ1v) is 8.77. The smallest absolute Gasteiger partial charge is 0.255 e. The summed E-state index contributed by atoms with van der Waals surface area (Å²) < 4.78 is 1.68. The largest absolute Gasteiger partial charge is 0.319 e. The molecule has 2 unspecified atom stereocenters. The van der Waals surface area contributed by atoms with E-state index in [-0.39, 0.29) is 18.3 Å². The van der Waals surface area contributed by atoms with E-state index in [0.717, 1.165) is 11.7 Å². The van der Waals surface area contributed by atoms with Gasteiger partial charge in [-0.2, -0.15) is 5.10 Å². The molecule has 1 heterocycles. The van der Waals surface area contributed by atoms with Crippen LogP contribution in [0.3, 0.4) is 0 Å². The summed E-state index contributed by atoms with van der Waals surface area (Å²) in [6, 6.07) is 7.34. The number of aromatic nitrogens is 2. The number of anilines is 1. The maximum Gasteiger partial charge on any atom is 0.255 e. The number of rotatable bonds is 5. The van der Waals surface area contributed by atoms with Crippen LogP contribution < -0.4 is 10.6 Å². The molecule has 2 aromatic rings. The Labute approximate surface area is 154 Å². The van der Waals surface area contributed by atoms with Gasteiger partial charge in [-0.25, -0.2) is 0 Å². The second-order valence-electron chi connectivity index (χ2n) is 7.17. The highest BCUT2D eigenvalue weighted by Crippen LogP contribution is 2.43. The Hall–Kier alpha value is -1.85. The number of nitrogens with one attached hydrogen (secondary N) is 2. The predicted octanol–water partition coefficient (Wildman–Crippen LogP) is 3.40. The van der Waals surface area contributed by atoms with Crippen molar-refractivity contribution >= 4 is 24.0 Å². The first kappa shape index (κ1) is 18.0. The Morgan fingerprint density at radius 1 is 1.32 bits per heavy atom. The molecule has 0 bridgehead atoms. The van der Waals surface area contributed by atoms with Crippen molar-refractivity contribution in [2.75, 3.05) is 5.32 Å². The molecular weight excluding hydrogens is 336 g/mol. The molecule has 4 rings (SSSR count). The normalized spacial score (nSPS) is 22.0. The van der Waals surface area contributed by atoms with Gasteiger partial charge in [0.05, 0.1) is 11.9 Å². The van der Waals surface area contributed by atoms with E-state index in [1.807, 2.05) is 13.1 Å². The summed E-state index contributed by atoms with van der Waals surface area (Å²) in [6.07, 6.45) is 8.63. The van der Waals surface area contributed by atoms with E-state index in [4.69, 9.17) is 0 Å². The molecule has 2 N–H and O–H groups in total. The topological polar surface area (TPSA) is 59.0 Å². The van der Waals surface area contributed by atoms with E-state index < -0.39 is 0 Å². The summed E-state index contributed by atoms with van der Waals surface area (Å²) in [5, 5.41) is 10.7. The maximum absolute atomic E-state index is 12.5. The fraction of sp³-hybridized carbons (Fsp3) is 0.474. The number of hydrogen-bond donors (Lipinski definition) is 2. The number of hydrogen-bond acceptors (Lipinski definition) is 3. The minimum atomic E-state index is -0.0756. The second-order valence-corrected chi connectivity index (χ2v) is 7.17. The molecule has 1 aromatic carbocycles. The van der Waals surface area contributed by atoms with Crippen LogP contribution in [0.5, 0.6) is 0 Å². The monoisotopic (exact) mass is 360 g/mol. The lowest BCUT2D eigenvalue weighted by atomic mass is 9.93. The standard InChI is InChI=1S/C19H24N4O.ClH/c1-12-6-7-13(19(24)22-15-10-20-23(2)11-15)8-16(12)17-9-18(17)21-14-4-3-5-14;/h6-8,10-11,14,17-18,21H,3-5,9H2,1-2H3,(H,22,24);1H. The molecule has 2 aliphatic rings. The lowest BCUT2D eigenvalue weighted by molar-refractivity contribution is 0.102. The van der Waals surface area contributed by atoms with Crippen LogP contribution in [0.2, 0.25) is 0 Å². The molecule has 1 amide bonds. The summed E-state index contributed by atoms with van der Waals surface area (Å²) in [5.74, 6) is 0.477. The first-order chi connectivity index (χ1) is 11.6. The molecule has 6 heteroatoms. The molecule has 0 spiro atoms. The van der Waals surface area contributed by atoms with Gasteiger partial charge in [-0.05, 0) is 49.4 Å². The summed E-state index contributed by atoms with van der Waals surface area (Å²) in [5.41, 5.74) is 4.02. The molecule has 25 heavy (non-hydrogen) atoms. The molecular formula is C19H25ClN4O. The fourth-order valence-electron chi connectivity index (χ4n) is 3.47. The Kier molecular flexibility index (Phi) is 5.16. The summed E-state index contributed by atoms with van der Waals surface area (Å²) >= 11 is 0. The zero-order chi connectivity index (χ0) is 16.7. The molecule has 2 aliphatic carbocycles. The van der Waals surface area contributed by atoms with Gasteiger partial charge in [0, 0.05) is 36.8 Å². The highest BCUT2D eigenvalue weighted by atomic mass is 35.5. The van der Waals surface area contributed by atoms with Gasteiger partial charge < -0.3 is 10.6 Å². The van der Waals surface area contributed by atoms with Crippen LogP contribution in [0.4, 0.5) is 5.69 Å².